The molecule has 5 nitrogen and oxygen atoms in total. The lowest BCUT2D eigenvalue weighted by Crippen LogP contribution is -2.46. The Bertz CT molecular complexity index is 484. The van der Waals surface area contributed by atoms with Crippen molar-refractivity contribution in [2.45, 2.75) is 29.7 Å². The number of carbonyl (C=O) groups is 2. The molecule has 108 valence electrons. The van der Waals surface area contributed by atoms with Crippen LogP contribution in [0.3, 0.4) is 0 Å². The van der Waals surface area contributed by atoms with Crippen LogP contribution >= 0.6 is 23.5 Å². The lowest BCUT2D eigenvalue weighted by Gasteiger charge is -2.26. The minimum Gasteiger partial charge on any atom is -0.480 e. The second kappa shape index (κ2) is 6.99. The Labute approximate surface area is 126 Å². The smallest absolute Gasteiger partial charge is 0.327 e. The summed E-state index contributed by atoms with van der Waals surface area (Å²) in [6.07, 6.45) is 4.11. The average Bonchev–Trinajstić information content (AvgIpc) is 2.90. The fraction of sp³-hybridized carbons (Fsp3) is 0.462. The molecule has 0 aromatic carbocycles. The van der Waals surface area contributed by atoms with Crippen LogP contribution in [0.5, 0.6) is 0 Å². The molecular weight excluding hydrogens is 296 g/mol. The molecule has 1 aliphatic rings. The Balaban J connectivity index is 2.00. The van der Waals surface area contributed by atoms with Crippen molar-refractivity contribution in [1.29, 1.82) is 0 Å². The minimum atomic E-state index is -0.921. The summed E-state index contributed by atoms with van der Waals surface area (Å²) in [7, 11) is 0. The SMILES string of the molecule is CCC1SCC(C(=O)O)N1C(=O)CSc1ccncc1. The first-order valence-corrected chi connectivity index (χ1v) is 8.35. The summed E-state index contributed by atoms with van der Waals surface area (Å²) < 4.78 is 0. The van der Waals surface area contributed by atoms with E-state index in [0.717, 1.165) is 11.3 Å². The first-order valence-electron chi connectivity index (χ1n) is 6.32. The first kappa shape index (κ1) is 15.2. The van der Waals surface area contributed by atoms with Gasteiger partial charge in [0.2, 0.25) is 5.91 Å². The zero-order valence-corrected chi connectivity index (χ0v) is 12.7. The van der Waals surface area contributed by atoms with Crippen molar-refractivity contribution in [3.63, 3.8) is 0 Å². The number of pyridine rings is 1. The van der Waals surface area contributed by atoms with E-state index in [9.17, 15) is 14.7 Å². The van der Waals surface area contributed by atoms with E-state index in [1.165, 1.54) is 16.7 Å². The van der Waals surface area contributed by atoms with E-state index in [0.29, 0.717) is 5.75 Å². The number of nitrogens with zero attached hydrogens (tertiary/aromatic N) is 2. The van der Waals surface area contributed by atoms with E-state index in [1.54, 1.807) is 24.2 Å². The minimum absolute atomic E-state index is 0.0263. The molecule has 1 amide bonds. The topological polar surface area (TPSA) is 70.5 Å². The Kier molecular flexibility index (Phi) is 5.31. The van der Waals surface area contributed by atoms with E-state index >= 15 is 0 Å². The number of thioether (sulfide) groups is 2. The van der Waals surface area contributed by atoms with Crippen LogP contribution in [0.4, 0.5) is 0 Å². The predicted molar refractivity (Wildman–Crippen MR) is 79.8 cm³/mol. The summed E-state index contributed by atoms with van der Waals surface area (Å²) in [6, 6.07) is 2.97. The number of hydrogen-bond acceptors (Lipinski definition) is 5. The van der Waals surface area contributed by atoms with Crippen LogP contribution in [0.2, 0.25) is 0 Å². The number of carboxylic acid groups (broad SMARTS) is 1. The third-order valence-corrected chi connectivity index (χ3v) is 5.48. The van der Waals surface area contributed by atoms with Gasteiger partial charge >= 0.3 is 5.97 Å². The fourth-order valence-electron chi connectivity index (χ4n) is 2.06. The lowest BCUT2D eigenvalue weighted by atomic mass is 10.2. The molecule has 1 fully saturated rings. The molecule has 1 aromatic rings. The van der Waals surface area contributed by atoms with Crippen molar-refractivity contribution in [2.24, 2.45) is 0 Å². The third kappa shape index (κ3) is 3.46. The van der Waals surface area contributed by atoms with Gasteiger partial charge in [-0.05, 0) is 18.6 Å². The van der Waals surface area contributed by atoms with Gasteiger partial charge in [0.15, 0.2) is 0 Å². The van der Waals surface area contributed by atoms with Gasteiger partial charge in [-0.15, -0.1) is 23.5 Å². The van der Waals surface area contributed by atoms with Crippen LogP contribution in [-0.2, 0) is 9.59 Å². The number of amides is 1. The maximum absolute atomic E-state index is 12.3. The van der Waals surface area contributed by atoms with E-state index in [4.69, 9.17) is 0 Å². The summed E-state index contributed by atoms with van der Waals surface area (Å²) >= 11 is 2.95. The number of aliphatic carboxylic acids is 1. The van der Waals surface area contributed by atoms with Gasteiger partial charge in [0.05, 0.1) is 11.1 Å². The van der Waals surface area contributed by atoms with Crippen LogP contribution in [-0.4, -0.2) is 49.8 Å². The maximum atomic E-state index is 12.3. The predicted octanol–water partition coefficient (Wildman–Crippen LogP) is 1.94. The molecule has 0 bridgehead atoms. The molecule has 2 unspecified atom stereocenters. The molecule has 1 aromatic heterocycles. The molecule has 20 heavy (non-hydrogen) atoms. The largest absolute Gasteiger partial charge is 0.480 e. The number of carbonyl (C=O) groups excluding carboxylic acids is 1. The lowest BCUT2D eigenvalue weighted by molar-refractivity contribution is -0.148. The standard InChI is InChI=1S/C13H16N2O3S2/c1-2-12-15(10(7-20-12)13(17)18)11(16)8-19-9-3-5-14-6-4-9/h3-6,10,12H,2,7-8H2,1H3,(H,17,18). The van der Waals surface area contributed by atoms with E-state index < -0.39 is 12.0 Å². The van der Waals surface area contributed by atoms with Crippen LogP contribution < -0.4 is 0 Å². The zero-order chi connectivity index (χ0) is 14.5. The Hall–Kier alpha value is -1.21. The normalized spacial score (nSPS) is 21.9. The van der Waals surface area contributed by atoms with Crippen LogP contribution in [0.15, 0.2) is 29.4 Å². The summed E-state index contributed by atoms with van der Waals surface area (Å²) in [6.45, 7) is 1.97. The second-order valence-electron chi connectivity index (χ2n) is 4.32. The van der Waals surface area contributed by atoms with Gasteiger partial charge in [-0.3, -0.25) is 9.78 Å². The molecule has 1 aliphatic heterocycles. The average molecular weight is 312 g/mol. The molecular formula is C13H16N2O3S2. The van der Waals surface area contributed by atoms with Gasteiger partial charge in [0.1, 0.15) is 6.04 Å². The molecule has 2 atom stereocenters. The van der Waals surface area contributed by atoms with Gasteiger partial charge in [-0.2, -0.15) is 0 Å². The van der Waals surface area contributed by atoms with Crippen molar-refractivity contribution in [3.8, 4) is 0 Å². The highest BCUT2D eigenvalue weighted by atomic mass is 32.2. The summed E-state index contributed by atoms with van der Waals surface area (Å²) in [5.41, 5.74) is 0. The number of aromatic nitrogens is 1. The Morgan fingerprint density at radius 1 is 1.50 bits per heavy atom. The number of carboxylic acids is 1. The molecule has 7 heteroatoms. The molecule has 0 saturated carbocycles. The summed E-state index contributed by atoms with van der Waals surface area (Å²) in [4.78, 5) is 30.0. The van der Waals surface area contributed by atoms with Crippen LogP contribution in [0, 0.1) is 0 Å². The van der Waals surface area contributed by atoms with E-state index in [1.807, 2.05) is 19.1 Å². The van der Waals surface area contributed by atoms with Crippen molar-refractivity contribution in [1.82, 2.24) is 9.88 Å². The third-order valence-electron chi connectivity index (χ3n) is 3.03. The summed E-state index contributed by atoms with van der Waals surface area (Å²) in [5, 5.41) is 9.18. The van der Waals surface area contributed by atoms with Crippen LogP contribution in [0.1, 0.15) is 13.3 Å². The summed E-state index contributed by atoms with van der Waals surface area (Å²) in [5.74, 6) is -0.309. The van der Waals surface area contributed by atoms with Gasteiger partial charge in [0, 0.05) is 23.0 Å². The quantitative estimate of drug-likeness (QED) is 0.838. The molecule has 0 aliphatic carbocycles. The molecule has 2 rings (SSSR count). The monoisotopic (exact) mass is 312 g/mol. The highest BCUT2D eigenvalue weighted by Crippen LogP contribution is 2.32. The first-order chi connectivity index (χ1) is 9.63. The maximum Gasteiger partial charge on any atom is 0.327 e. The van der Waals surface area contributed by atoms with Gasteiger partial charge < -0.3 is 10.0 Å². The van der Waals surface area contributed by atoms with Crippen molar-refractivity contribution in [3.05, 3.63) is 24.5 Å². The van der Waals surface area contributed by atoms with Crippen molar-refractivity contribution in [2.75, 3.05) is 11.5 Å². The molecule has 0 spiro atoms. The fourth-order valence-corrected chi connectivity index (χ4v) is 4.18. The van der Waals surface area contributed by atoms with E-state index in [2.05, 4.69) is 4.98 Å². The highest BCUT2D eigenvalue weighted by Gasteiger charge is 2.40. The molecule has 2 heterocycles. The van der Waals surface area contributed by atoms with Gasteiger partial charge in [-0.1, -0.05) is 6.92 Å². The number of hydrogen-bond donors (Lipinski definition) is 1. The van der Waals surface area contributed by atoms with E-state index in [-0.39, 0.29) is 17.0 Å². The number of rotatable bonds is 5. The van der Waals surface area contributed by atoms with Crippen molar-refractivity contribution < 1.29 is 14.7 Å². The Morgan fingerprint density at radius 3 is 2.80 bits per heavy atom. The molecule has 1 saturated heterocycles. The Morgan fingerprint density at radius 2 is 2.20 bits per heavy atom. The van der Waals surface area contributed by atoms with Gasteiger partial charge in [0.25, 0.3) is 0 Å². The molecule has 0 radical (unpaired) electrons. The van der Waals surface area contributed by atoms with Crippen molar-refractivity contribution >= 4 is 35.4 Å². The zero-order valence-electron chi connectivity index (χ0n) is 11.1. The second-order valence-corrected chi connectivity index (χ2v) is 6.58. The molecule has 1 N–H and O–H groups in total. The highest BCUT2D eigenvalue weighted by molar-refractivity contribution is 8.00. The van der Waals surface area contributed by atoms with Crippen LogP contribution in [0.25, 0.3) is 0 Å². The van der Waals surface area contributed by atoms with Gasteiger partial charge in [-0.25, -0.2) is 4.79 Å².